The summed E-state index contributed by atoms with van der Waals surface area (Å²) in [7, 11) is 1.31. The number of anilines is 1. The van der Waals surface area contributed by atoms with Crippen LogP contribution in [-0.4, -0.2) is 37.2 Å². The highest BCUT2D eigenvalue weighted by atomic mass is 32.2. The lowest BCUT2D eigenvalue weighted by Gasteiger charge is -2.16. The van der Waals surface area contributed by atoms with Gasteiger partial charge in [-0.2, -0.15) is 11.8 Å². The number of nitrogens with one attached hydrogen (secondary N) is 2. The number of carbonyl (C=O) groups excluding carboxylic acids is 2. The molecule has 2 amide bonds. The van der Waals surface area contributed by atoms with Gasteiger partial charge in [0.15, 0.2) is 0 Å². The van der Waals surface area contributed by atoms with Crippen LogP contribution < -0.4 is 15.4 Å². The fraction of sp³-hybridized carbons (Fsp3) is 0.263. The smallest absolute Gasteiger partial charge is 0.328 e. The second kappa shape index (κ2) is 10.4. The standard InChI is InChI=1S/C19H22N2O4S/c1-24-18(22)17(12-13-26-2)21-19(23)20-14-8-10-16(11-9-14)25-15-6-4-3-5-7-15/h3-11,17H,12-13H2,1-2H3,(H2,20,21,23)/t17-/m1/s1. The molecule has 7 heteroatoms. The lowest BCUT2D eigenvalue weighted by atomic mass is 10.2. The Bertz CT molecular complexity index is 707. The molecule has 0 radical (unpaired) electrons. The number of urea groups is 1. The van der Waals surface area contributed by atoms with Crippen LogP contribution in [0.5, 0.6) is 11.5 Å². The van der Waals surface area contributed by atoms with Crippen LogP contribution in [0.1, 0.15) is 6.42 Å². The quantitative estimate of drug-likeness (QED) is 0.686. The summed E-state index contributed by atoms with van der Waals surface area (Å²) in [5.74, 6) is 1.68. The molecule has 0 fully saturated rings. The first-order chi connectivity index (χ1) is 12.6. The molecule has 0 aliphatic heterocycles. The van der Waals surface area contributed by atoms with E-state index in [0.29, 0.717) is 17.9 Å². The maximum Gasteiger partial charge on any atom is 0.328 e. The highest BCUT2D eigenvalue weighted by Gasteiger charge is 2.20. The van der Waals surface area contributed by atoms with Gasteiger partial charge in [-0.05, 0) is 54.8 Å². The van der Waals surface area contributed by atoms with Gasteiger partial charge in [-0.3, -0.25) is 0 Å². The number of methoxy groups -OCH3 is 1. The monoisotopic (exact) mass is 374 g/mol. The summed E-state index contributed by atoms with van der Waals surface area (Å²) in [6.45, 7) is 0. The Labute approximate surface area is 157 Å². The van der Waals surface area contributed by atoms with E-state index in [1.165, 1.54) is 7.11 Å². The van der Waals surface area contributed by atoms with E-state index in [1.807, 2.05) is 36.6 Å². The van der Waals surface area contributed by atoms with Crippen molar-refractivity contribution in [2.24, 2.45) is 0 Å². The Hall–Kier alpha value is -2.67. The molecule has 0 bridgehead atoms. The largest absolute Gasteiger partial charge is 0.467 e. The Kier molecular flexibility index (Phi) is 7.82. The molecular weight excluding hydrogens is 352 g/mol. The van der Waals surface area contributed by atoms with E-state index in [-0.39, 0.29) is 0 Å². The number of hydrogen-bond acceptors (Lipinski definition) is 5. The highest BCUT2D eigenvalue weighted by molar-refractivity contribution is 7.98. The third-order valence-corrected chi connectivity index (χ3v) is 4.14. The van der Waals surface area contributed by atoms with Gasteiger partial charge in [-0.1, -0.05) is 18.2 Å². The van der Waals surface area contributed by atoms with E-state index >= 15 is 0 Å². The topological polar surface area (TPSA) is 76.7 Å². The van der Waals surface area contributed by atoms with Crippen molar-refractivity contribution in [2.45, 2.75) is 12.5 Å². The van der Waals surface area contributed by atoms with E-state index in [2.05, 4.69) is 10.6 Å². The number of ether oxygens (including phenoxy) is 2. The summed E-state index contributed by atoms with van der Waals surface area (Å²) in [4.78, 5) is 23.8. The van der Waals surface area contributed by atoms with E-state index in [9.17, 15) is 9.59 Å². The average molecular weight is 374 g/mol. The minimum absolute atomic E-state index is 0.458. The molecule has 6 nitrogen and oxygen atoms in total. The molecule has 0 aromatic heterocycles. The lowest BCUT2D eigenvalue weighted by molar-refractivity contribution is -0.142. The second-order valence-corrected chi connectivity index (χ2v) is 6.38. The van der Waals surface area contributed by atoms with Crippen molar-refractivity contribution in [3.05, 3.63) is 54.6 Å². The molecule has 2 N–H and O–H groups in total. The summed E-state index contributed by atoms with van der Waals surface area (Å²) >= 11 is 1.60. The first-order valence-corrected chi connectivity index (χ1v) is 9.49. The van der Waals surface area contributed by atoms with Crippen LogP contribution in [-0.2, 0) is 9.53 Å². The minimum Gasteiger partial charge on any atom is -0.467 e. The Morgan fingerprint density at radius 1 is 1.04 bits per heavy atom. The molecule has 1 atom stereocenters. The number of para-hydroxylation sites is 1. The zero-order chi connectivity index (χ0) is 18.8. The molecule has 26 heavy (non-hydrogen) atoms. The molecule has 0 aliphatic carbocycles. The van der Waals surface area contributed by atoms with Gasteiger partial charge in [0.2, 0.25) is 0 Å². The number of amides is 2. The van der Waals surface area contributed by atoms with Crippen molar-refractivity contribution in [3.63, 3.8) is 0 Å². The molecule has 0 saturated carbocycles. The zero-order valence-electron chi connectivity index (χ0n) is 14.7. The van der Waals surface area contributed by atoms with E-state index < -0.39 is 18.0 Å². The molecular formula is C19H22N2O4S. The van der Waals surface area contributed by atoms with Crippen molar-refractivity contribution in [1.29, 1.82) is 0 Å². The third-order valence-electron chi connectivity index (χ3n) is 3.49. The van der Waals surface area contributed by atoms with Gasteiger partial charge < -0.3 is 20.1 Å². The van der Waals surface area contributed by atoms with Crippen molar-refractivity contribution < 1.29 is 19.1 Å². The van der Waals surface area contributed by atoms with E-state index in [4.69, 9.17) is 9.47 Å². The van der Waals surface area contributed by atoms with Crippen molar-refractivity contribution in [1.82, 2.24) is 5.32 Å². The maximum atomic E-state index is 12.1. The van der Waals surface area contributed by atoms with Crippen LogP contribution in [0.2, 0.25) is 0 Å². The minimum atomic E-state index is -0.673. The second-order valence-electron chi connectivity index (χ2n) is 5.40. The lowest BCUT2D eigenvalue weighted by Crippen LogP contribution is -2.44. The number of carbonyl (C=O) groups is 2. The molecule has 0 spiro atoms. The van der Waals surface area contributed by atoms with Gasteiger partial charge in [0, 0.05) is 5.69 Å². The first kappa shape index (κ1) is 19.7. The van der Waals surface area contributed by atoms with Crippen LogP contribution in [0, 0.1) is 0 Å². The summed E-state index contributed by atoms with van der Waals surface area (Å²) in [5.41, 5.74) is 0.594. The van der Waals surface area contributed by atoms with Crippen LogP contribution >= 0.6 is 11.8 Å². The van der Waals surface area contributed by atoms with Gasteiger partial charge in [0.25, 0.3) is 0 Å². The number of rotatable bonds is 8. The molecule has 138 valence electrons. The van der Waals surface area contributed by atoms with Crippen LogP contribution in [0.15, 0.2) is 54.6 Å². The Morgan fingerprint density at radius 2 is 1.69 bits per heavy atom. The van der Waals surface area contributed by atoms with Gasteiger partial charge in [-0.25, -0.2) is 9.59 Å². The van der Waals surface area contributed by atoms with E-state index in [0.717, 1.165) is 11.5 Å². The Morgan fingerprint density at radius 3 is 2.31 bits per heavy atom. The predicted molar refractivity (Wildman–Crippen MR) is 104 cm³/mol. The zero-order valence-corrected chi connectivity index (χ0v) is 15.5. The summed E-state index contributed by atoms with van der Waals surface area (Å²) in [6.07, 6.45) is 2.44. The summed E-state index contributed by atoms with van der Waals surface area (Å²) in [6, 6.07) is 15.3. The predicted octanol–water partition coefficient (Wildman–Crippen LogP) is 3.90. The SMILES string of the molecule is COC(=O)[C@@H](CCSC)NC(=O)Nc1ccc(Oc2ccccc2)cc1. The van der Waals surface area contributed by atoms with Crippen molar-refractivity contribution >= 4 is 29.4 Å². The normalized spacial score (nSPS) is 11.3. The van der Waals surface area contributed by atoms with Crippen LogP contribution in [0.25, 0.3) is 0 Å². The van der Waals surface area contributed by atoms with Crippen LogP contribution in [0.3, 0.4) is 0 Å². The molecule has 2 aromatic rings. The van der Waals surface area contributed by atoms with Crippen LogP contribution in [0.4, 0.5) is 10.5 Å². The number of esters is 1. The van der Waals surface area contributed by atoms with Gasteiger partial charge in [0.05, 0.1) is 7.11 Å². The summed E-state index contributed by atoms with van der Waals surface area (Å²) < 4.78 is 10.4. The highest BCUT2D eigenvalue weighted by Crippen LogP contribution is 2.22. The average Bonchev–Trinajstić information content (AvgIpc) is 2.67. The maximum absolute atomic E-state index is 12.1. The number of hydrogen-bond donors (Lipinski definition) is 2. The molecule has 2 aromatic carbocycles. The number of thioether (sulfide) groups is 1. The van der Waals surface area contributed by atoms with E-state index in [1.54, 1.807) is 36.0 Å². The Balaban J connectivity index is 1.90. The van der Waals surface area contributed by atoms with Crippen molar-refractivity contribution in [2.75, 3.05) is 24.4 Å². The fourth-order valence-electron chi connectivity index (χ4n) is 2.18. The molecule has 0 heterocycles. The van der Waals surface area contributed by atoms with Crippen molar-refractivity contribution in [3.8, 4) is 11.5 Å². The molecule has 0 unspecified atom stereocenters. The first-order valence-electron chi connectivity index (χ1n) is 8.09. The van der Waals surface area contributed by atoms with Gasteiger partial charge in [-0.15, -0.1) is 0 Å². The van der Waals surface area contributed by atoms with Gasteiger partial charge in [0.1, 0.15) is 17.5 Å². The molecule has 2 rings (SSSR count). The number of benzene rings is 2. The molecule has 0 saturated heterocycles. The van der Waals surface area contributed by atoms with Gasteiger partial charge >= 0.3 is 12.0 Å². The third kappa shape index (κ3) is 6.33. The molecule has 0 aliphatic rings. The fourth-order valence-corrected chi connectivity index (χ4v) is 2.65. The summed E-state index contributed by atoms with van der Waals surface area (Å²) in [5, 5.41) is 5.33.